The lowest BCUT2D eigenvalue weighted by molar-refractivity contribution is -0.141. The fourth-order valence-corrected chi connectivity index (χ4v) is 1.89. The number of aliphatic carboxylic acids is 1. The van der Waals surface area contributed by atoms with E-state index in [2.05, 4.69) is 5.32 Å². The van der Waals surface area contributed by atoms with E-state index in [1.165, 1.54) is 0 Å². The van der Waals surface area contributed by atoms with E-state index >= 15 is 0 Å². The van der Waals surface area contributed by atoms with E-state index in [1.54, 1.807) is 45.0 Å². The maximum Gasteiger partial charge on any atom is 0.407 e. The Kier molecular flexibility index (Phi) is 6.53. The normalized spacial score (nSPS) is 14.0. The summed E-state index contributed by atoms with van der Waals surface area (Å²) in [6.07, 6.45) is -3.83. The number of alkyl carbamates (subject to hydrolysis) is 1. The van der Waals surface area contributed by atoms with Crippen LogP contribution in [0, 0.1) is 0 Å². The monoisotopic (exact) mass is 325 g/mol. The first kappa shape index (κ1) is 18.9. The number of aliphatic hydroxyl groups is 2. The molecule has 7 heteroatoms. The smallest absolute Gasteiger partial charge is 0.407 e. The Morgan fingerprint density at radius 1 is 1.26 bits per heavy atom. The van der Waals surface area contributed by atoms with Crippen LogP contribution >= 0.6 is 0 Å². The van der Waals surface area contributed by atoms with Crippen molar-refractivity contribution in [3.05, 3.63) is 35.4 Å². The van der Waals surface area contributed by atoms with E-state index in [1.807, 2.05) is 0 Å². The standard InChI is InChI=1S/C16H23NO6/c1-16(2,3)23-15(22)17-9-10-5-4-6-11(7-10)14(21)12(18)8-13(19)20/h4-7,12,14,18,21H,8-9H2,1-3H3,(H,17,22)(H,19,20). The lowest BCUT2D eigenvalue weighted by atomic mass is 10.00. The van der Waals surface area contributed by atoms with Gasteiger partial charge >= 0.3 is 12.1 Å². The first-order valence-electron chi connectivity index (χ1n) is 7.22. The molecule has 0 aromatic heterocycles. The number of carboxylic acid groups (broad SMARTS) is 1. The molecule has 4 N–H and O–H groups in total. The fourth-order valence-electron chi connectivity index (χ4n) is 1.89. The van der Waals surface area contributed by atoms with Crippen LogP contribution in [0.4, 0.5) is 4.79 Å². The number of ether oxygens (including phenoxy) is 1. The third kappa shape index (κ3) is 7.12. The molecule has 1 amide bonds. The minimum Gasteiger partial charge on any atom is -0.481 e. The van der Waals surface area contributed by atoms with E-state index in [9.17, 15) is 19.8 Å². The fraction of sp³-hybridized carbons (Fsp3) is 0.500. The molecule has 0 bridgehead atoms. The second-order valence-electron chi connectivity index (χ2n) is 6.21. The van der Waals surface area contributed by atoms with Crippen molar-refractivity contribution in [2.45, 2.75) is 51.5 Å². The molecule has 2 atom stereocenters. The molecule has 0 saturated carbocycles. The molecule has 1 rings (SSSR count). The van der Waals surface area contributed by atoms with Crippen LogP contribution in [0.25, 0.3) is 0 Å². The van der Waals surface area contributed by atoms with E-state index in [0.717, 1.165) is 0 Å². The van der Waals surface area contributed by atoms with Crippen LogP contribution in [0.3, 0.4) is 0 Å². The van der Waals surface area contributed by atoms with Crippen molar-refractivity contribution in [1.29, 1.82) is 0 Å². The van der Waals surface area contributed by atoms with Crippen molar-refractivity contribution in [2.24, 2.45) is 0 Å². The zero-order valence-corrected chi connectivity index (χ0v) is 13.4. The molecule has 128 valence electrons. The summed E-state index contributed by atoms with van der Waals surface area (Å²) in [5, 5.41) is 30.8. The first-order chi connectivity index (χ1) is 10.6. The zero-order chi connectivity index (χ0) is 17.6. The number of amides is 1. The van der Waals surface area contributed by atoms with Crippen molar-refractivity contribution in [1.82, 2.24) is 5.32 Å². The van der Waals surface area contributed by atoms with Gasteiger partial charge in [-0.15, -0.1) is 0 Å². The van der Waals surface area contributed by atoms with Gasteiger partial charge in [-0.2, -0.15) is 0 Å². The third-order valence-electron chi connectivity index (χ3n) is 2.88. The summed E-state index contributed by atoms with van der Waals surface area (Å²) in [5.41, 5.74) is 0.473. The molecule has 2 unspecified atom stereocenters. The molecule has 0 aliphatic carbocycles. The molecule has 0 spiro atoms. The summed E-state index contributed by atoms with van der Waals surface area (Å²) < 4.78 is 5.11. The summed E-state index contributed by atoms with van der Waals surface area (Å²) >= 11 is 0. The van der Waals surface area contributed by atoms with Crippen LogP contribution in [-0.2, 0) is 16.1 Å². The van der Waals surface area contributed by atoms with Gasteiger partial charge in [0.2, 0.25) is 0 Å². The zero-order valence-electron chi connectivity index (χ0n) is 13.4. The lowest BCUT2D eigenvalue weighted by Gasteiger charge is -2.20. The number of benzene rings is 1. The molecule has 0 radical (unpaired) electrons. The molecule has 7 nitrogen and oxygen atoms in total. The van der Waals surface area contributed by atoms with Gasteiger partial charge in [0, 0.05) is 6.54 Å². The Bertz CT molecular complexity index is 552. The molecule has 0 aliphatic rings. The Hall–Kier alpha value is -2.12. The van der Waals surface area contributed by atoms with Crippen molar-refractivity contribution in [3.63, 3.8) is 0 Å². The van der Waals surface area contributed by atoms with Crippen LogP contribution in [0.15, 0.2) is 24.3 Å². The maximum atomic E-state index is 11.6. The Labute approximate surface area is 134 Å². The van der Waals surface area contributed by atoms with Gasteiger partial charge in [0.15, 0.2) is 0 Å². The highest BCUT2D eigenvalue weighted by atomic mass is 16.6. The van der Waals surface area contributed by atoms with E-state index < -0.39 is 36.3 Å². The van der Waals surface area contributed by atoms with Crippen LogP contribution < -0.4 is 5.32 Å². The Morgan fingerprint density at radius 2 is 1.91 bits per heavy atom. The molecule has 0 saturated heterocycles. The average molecular weight is 325 g/mol. The van der Waals surface area contributed by atoms with Crippen LogP contribution in [-0.4, -0.2) is 39.1 Å². The molecule has 1 aromatic carbocycles. The summed E-state index contributed by atoms with van der Waals surface area (Å²) in [7, 11) is 0. The van der Waals surface area contributed by atoms with Gasteiger partial charge in [-0.3, -0.25) is 4.79 Å². The topological polar surface area (TPSA) is 116 Å². The van der Waals surface area contributed by atoms with Gasteiger partial charge in [0.1, 0.15) is 11.7 Å². The number of nitrogens with one attached hydrogen (secondary N) is 1. The van der Waals surface area contributed by atoms with Gasteiger partial charge in [-0.05, 0) is 31.9 Å². The summed E-state index contributed by atoms with van der Waals surface area (Å²) in [6, 6.07) is 6.55. The minimum atomic E-state index is -1.40. The number of hydrogen-bond acceptors (Lipinski definition) is 5. The molecule has 23 heavy (non-hydrogen) atoms. The van der Waals surface area contributed by atoms with Gasteiger partial charge in [-0.25, -0.2) is 4.79 Å². The molecule has 0 fully saturated rings. The second-order valence-corrected chi connectivity index (χ2v) is 6.21. The quantitative estimate of drug-likeness (QED) is 0.631. The highest BCUT2D eigenvalue weighted by Gasteiger charge is 2.21. The van der Waals surface area contributed by atoms with Crippen molar-refractivity contribution in [2.75, 3.05) is 0 Å². The summed E-state index contributed by atoms with van der Waals surface area (Å²) in [5.74, 6) is -1.20. The molecular formula is C16H23NO6. The Balaban J connectivity index is 2.66. The summed E-state index contributed by atoms with van der Waals surface area (Å²) in [6.45, 7) is 5.46. The van der Waals surface area contributed by atoms with Crippen molar-refractivity contribution < 1.29 is 29.6 Å². The van der Waals surface area contributed by atoms with E-state index in [4.69, 9.17) is 9.84 Å². The van der Waals surface area contributed by atoms with Gasteiger partial charge in [0.05, 0.1) is 12.5 Å². The van der Waals surface area contributed by atoms with Crippen LogP contribution in [0.2, 0.25) is 0 Å². The van der Waals surface area contributed by atoms with Crippen molar-refractivity contribution >= 4 is 12.1 Å². The van der Waals surface area contributed by atoms with Crippen molar-refractivity contribution in [3.8, 4) is 0 Å². The number of aliphatic hydroxyl groups excluding tert-OH is 2. The second kappa shape index (κ2) is 7.94. The van der Waals surface area contributed by atoms with Crippen LogP contribution in [0.5, 0.6) is 0 Å². The number of carboxylic acids is 1. The molecule has 1 aromatic rings. The van der Waals surface area contributed by atoms with Gasteiger partial charge < -0.3 is 25.4 Å². The molecule has 0 aliphatic heterocycles. The lowest BCUT2D eigenvalue weighted by Crippen LogP contribution is -2.32. The number of rotatable bonds is 6. The van der Waals surface area contributed by atoms with Crippen LogP contribution in [0.1, 0.15) is 44.4 Å². The molecular weight excluding hydrogens is 302 g/mol. The number of carbonyl (C=O) groups excluding carboxylic acids is 1. The summed E-state index contributed by atoms with van der Waals surface area (Å²) in [4.78, 5) is 22.2. The predicted octanol–water partition coefficient (Wildman–Crippen LogP) is 1.58. The number of carbonyl (C=O) groups is 2. The first-order valence-corrected chi connectivity index (χ1v) is 7.22. The Morgan fingerprint density at radius 3 is 2.48 bits per heavy atom. The average Bonchev–Trinajstić information content (AvgIpc) is 2.42. The van der Waals surface area contributed by atoms with E-state index in [-0.39, 0.29) is 6.54 Å². The minimum absolute atomic E-state index is 0.185. The predicted molar refractivity (Wildman–Crippen MR) is 82.7 cm³/mol. The van der Waals surface area contributed by atoms with Gasteiger partial charge in [-0.1, -0.05) is 24.3 Å². The molecule has 0 heterocycles. The third-order valence-corrected chi connectivity index (χ3v) is 2.88. The van der Waals surface area contributed by atoms with E-state index in [0.29, 0.717) is 11.1 Å². The largest absolute Gasteiger partial charge is 0.481 e. The van der Waals surface area contributed by atoms with Gasteiger partial charge in [0.25, 0.3) is 0 Å². The maximum absolute atomic E-state index is 11.6. The SMILES string of the molecule is CC(C)(C)OC(=O)NCc1cccc(C(O)C(O)CC(=O)O)c1. The highest BCUT2D eigenvalue weighted by Crippen LogP contribution is 2.20. The highest BCUT2D eigenvalue weighted by molar-refractivity contribution is 5.68. The number of hydrogen-bond donors (Lipinski definition) is 4.